The minimum absolute atomic E-state index is 0.137. The fourth-order valence-electron chi connectivity index (χ4n) is 7.68. The van der Waals surface area contributed by atoms with Crippen LogP contribution in [0.25, 0.3) is 5.57 Å². The van der Waals surface area contributed by atoms with Crippen LogP contribution in [0.2, 0.25) is 0 Å². The Hall–Kier alpha value is -3.54. The third-order valence-electron chi connectivity index (χ3n) is 9.53. The highest BCUT2D eigenvalue weighted by Crippen LogP contribution is 2.57. The fourth-order valence-corrected chi connectivity index (χ4v) is 7.68. The van der Waals surface area contributed by atoms with E-state index < -0.39 is 11.6 Å². The molecule has 0 unspecified atom stereocenters. The zero-order valence-corrected chi connectivity index (χ0v) is 24.5. The lowest BCUT2D eigenvalue weighted by molar-refractivity contribution is -0.0178. The molecule has 3 aliphatic carbocycles. The number of likely N-dealkylation sites (N-methyl/N-ethyl adjacent to an activating group) is 1. The van der Waals surface area contributed by atoms with Crippen LogP contribution in [0.1, 0.15) is 41.2 Å². The summed E-state index contributed by atoms with van der Waals surface area (Å²) in [4.78, 5) is 1.97. The molecule has 0 fully saturated rings. The average Bonchev–Trinajstić information content (AvgIpc) is 2.90. The normalized spacial score (nSPS) is 26.0. The van der Waals surface area contributed by atoms with E-state index >= 15 is 0 Å². The number of hydrogen-bond donors (Lipinski definition) is 3. The molecule has 2 aromatic rings. The Kier molecular flexibility index (Phi) is 7.10. The summed E-state index contributed by atoms with van der Waals surface area (Å²) < 4.78 is 5.43. The van der Waals surface area contributed by atoms with E-state index in [9.17, 15) is 10.2 Å². The second kappa shape index (κ2) is 10.1. The molecule has 0 amide bonds. The Labute approximate surface area is 238 Å². The Morgan fingerprint density at radius 3 is 2.52 bits per heavy atom. The van der Waals surface area contributed by atoms with Crippen molar-refractivity contribution < 1.29 is 14.9 Å². The number of hydrogen-bond acceptors (Lipinski definition) is 5. The summed E-state index contributed by atoms with van der Waals surface area (Å²) in [5, 5.41) is 23.9. The van der Waals surface area contributed by atoms with Gasteiger partial charge in [0.2, 0.25) is 0 Å². The topological polar surface area (TPSA) is 79.0 Å². The monoisotopic (exact) mass is 538 g/mol. The lowest BCUT2D eigenvalue weighted by Gasteiger charge is -2.54. The van der Waals surface area contributed by atoms with Crippen LogP contribution in [-0.2, 0) is 19.3 Å². The van der Waals surface area contributed by atoms with Crippen LogP contribution in [-0.4, -0.2) is 48.0 Å². The Morgan fingerprint density at radius 1 is 1.15 bits per heavy atom. The Morgan fingerprint density at radius 2 is 1.88 bits per heavy atom. The first kappa shape index (κ1) is 28.0. The van der Waals surface area contributed by atoms with Crippen molar-refractivity contribution in [1.29, 1.82) is 0 Å². The van der Waals surface area contributed by atoms with Gasteiger partial charge in [-0.05, 0) is 122 Å². The van der Waals surface area contributed by atoms with Crippen molar-refractivity contribution in [2.45, 2.75) is 51.2 Å². The molecule has 0 saturated carbocycles. The second-order valence-corrected chi connectivity index (χ2v) is 11.9. The van der Waals surface area contributed by atoms with Crippen LogP contribution in [0.15, 0.2) is 89.9 Å². The molecule has 4 atom stereocenters. The van der Waals surface area contributed by atoms with Crippen molar-refractivity contribution in [3.63, 3.8) is 0 Å². The zero-order valence-electron chi connectivity index (χ0n) is 24.5. The Balaban J connectivity index is 1.59. The van der Waals surface area contributed by atoms with Crippen LogP contribution in [0.4, 0.5) is 0 Å². The fraction of sp³-hybridized carbons (Fsp3) is 0.371. The Bertz CT molecular complexity index is 1490. The van der Waals surface area contributed by atoms with Gasteiger partial charge in [-0.1, -0.05) is 44.0 Å². The molecule has 4 N–H and O–H groups in total. The molecule has 210 valence electrons. The number of fused-ring (bicyclic) bond motifs is 3. The van der Waals surface area contributed by atoms with Crippen LogP contribution in [0, 0.1) is 18.8 Å². The third kappa shape index (κ3) is 4.15. The summed E-state index contributed by atoms with van der Waals surface area (Å²) in [6, 6.07) is 12.3. The van der Waals surface area contributed by atoms with E-state index in [-0.39, 0.29) is 23.3 Å². The predicted molar refractivity (Wildman–Crippen MR) is 163 cm³/mol. The van der Waals surface area contributed by atoms with Gasteiger partial charge in [0.15, 0.2) is 0 Å². The first-order valence-corrected chi connectivity index (χ1v) is 14.0. The molecule has 3 aliphatic rings. The minimum Gasteiger partial charge on any atom is -0.510 e. The molecule has 0 spiro atoms. The molecule has 0 aliphatic heterocycles. The van der Waals surface area contributed by atoms with Crippen LogP contribution < -0.4 is 10.5 Å². The van der Waals surface area contributed by atoms with E-state index in [2.05, 4.69) is 50.9 Å². The molecule has 5 rings (SSSR count). The first-order valence-electron chi connectivity index (χ1n) is 14.0. The molecule has 0 radical (unpaired) electrons. The molecular formula is C35H42N2O3. The molecule has 0 heterocycles. The maximum atomic E-state index is 12.5. The van der Waals surface area contributed by atoms with E-state index in [0.717, 1.165) is 41.7 Å². The van der Waals surface area contributed by atoms with Gasteiger partial charge in [0.25, 0.3) is 0 Å². The third-order valence-corrected chi connectivity index (χ3v) is 9.53. The summed E-state index contributed by atoms with van der Waals surface area (Å²) in [6.45, 7) is 16.9. The van der Waals surface area contributed by atoms with Crippen LogP contribution in [0.5, 0.6) is 5.75 Å². The number of rotatable bonds is 6. The van der Waals surface area contributed by atoms with Gasteiger partial charge in [-0.3, -0.25) is 4.90 Å². The van der Waals surface area contributed by atoms with Crippen molar-refractivity contribution in [1.82, 2.24) is 4.90 Å². The van der Waals surface area contributed by atoms with Gasteiger partial charge in [-0.2, -0.15) is 0 Å². The quantitative estimate of drug-likeness (QED) is 0.432. The number of aryl methyl sites for hydroxylation is 3. The lowest BCUT2D eigenvalue weighted by Crippen LogP contribution is -2.58. The first-order chi connectivity index (χ1) is 18.9. The second-order valence-electron chi connectivity index (χ2n) is 11.9. The summed E-state index contributed by atoms with van der Waals surface area (Å²) in [5.74, 6) is 0.901. The highest BCUT2D eigenvalue weighted by atomic mass is 16.5. The molecule has 0 aromatic heterocycles. The maximum absolute atomic E-state index is 12.5. The largest absolute Gasteiger partial charge is 0.510 e. The van der Waals surface area contributed by atoms with Gasteiger partial charge in [0.1, 0.15) is 17.1 Å². The lowest BCUT2D eigenvalue weighted by atomic mass is 9.55. The number of aliphatic hydroxyl groups is 2. The highest BCUT2D eigenvalue weighted by Gasteiger charge is 2.57. The standard InChI is InChI=1S/C35H42N2O3/c1-19-12-14-25(15-13-24-10-9-11-27(16-24)40-8)28-17-26-18-29-33(37(6)7)34(38)32(23(5)36)22(4)35(29,39)21(3)31(26)20(2)30(19)28/h9-12,14,16,26,29,33,38-39H,2,4-5,13,15,17-18,36H2,1,3,6-8H3/t26-,29-,33-,35-/m0/s1. The van der Waals surface area contributed by atoms with E-state index in [4.69, 9.17) is 10.5 Å². The maximum Gasteiger partial charge on any atom is 0.119 e. The number of ether oxygens (including phenoxy) is 1. The molecule has 0 bridgehead atoms. The van der Waals surface area contributed by atoms with Crippen molar-refractivity contribution in [2.24, 2.45) is 17.6 Å². The number of nitrogens with two attached hydrogens (primary N) is 1. The molecular weight excluding hydrogens is 496 g/mol. The van der Waals surface area contributed by atoms with E-state index in [1.165, 1.54) is 27.8 Å². The number of aliphatic hydroxyl groups excluding tert-OH is 1. The van der Waals surface area contributed by atoms with Crippen LogP contribution in [0.3, 0.4) is 0 Å². The summed E-state index contributed by atoms with van der Waals surface area (Å²) >= 11 is 0. The number of benzene rings is 2. The zero-order chi connectivity index (χ0) is 29.1. The summed E-state index contributed by atoms with van der Waals surface area (Å²) in [6.07, 6.45) is 3.40. The van der Waals surface area contributed by atoms with E-state index in [0.29, 0.717) is 17.6 Å². The van der Waals surface area contributed by atoms with Crippen molar-refractivity contribution in [2.75, 3.05) is 21.2 Å². The summed E-state index contributed by atoms with van der Waals surface area (Å²) in [7, 11) is 5.55. The van der Waals surface area contributed by atoms with E-state index in [1.54, 1.807) is 7.11 Å². The van der Waals surface area contributed by atoms with Crippen LogP contribution >= 0.6 is 0 Å². The van der Waals surface area contributed by atoms with E-state index in [1.807, 2.05) is 38.1 Å². The molecule has 40 heavy (non-hydrogen) atoms. The van der Waals surface area contributed by atoms with Gasteiger partial charge in [-0.15, -0.1) is 0 Å². The molecule has 5 heteroatoms. The van der Waals surface area contributed by atoms with Crippen molar-refractivity contribution in [3.05, 3.63) is 118 Å². The number of allylic oxidation sites excluding steroid dienone is 3. The molecule has 2 aromatic carbocycles. The molecule has 5 nitrogen and oxygen atoms in total. The van der Waals surface area contributed by atoms with Gasteiger partial charge in [-0.25, -0.2) is 0 Å². The predicted octanol–water partition coefficient (Wildman–Crippen LogP) is 5.83. The SMILES string of the molecule is C=C(N)C1=C(O)[C@@H](N(C)C)[C@@H]2C[C@@H]3Cc4c(CCc5cccc(OC)c5)ccc(C)c4C(=C)C3=C(C)[C@]2(O)C1=C. The minimum atomic E-state index is -1.36. The highest BCUT2D eigenvalue weighted by molar-refractivity contribution is 5.86. The van der Waals surface area contributed by atoms with Crippen molar-refractivity contribution >= 4 is 5.57 Å². The van der Waals surface area contributed by atoms with Gasteiger partial charge in [0.05, 0.1) is 13.2 Å². The number of nitrogens with zero attached hydrogens (tertiary/aromatic N) is 1. The van der Waals surface area contributed by atoms with Gasteiger partial charge >= 0.3 is 0 Å². The van der Waals surface area contributed by atoms with Gasteiger partial charge in [0, 0.05) is 17.2 Å². The van der Waals surface area contributed by atoms with Crippen molar-refractivity contribution in [3.8, 4) is 5.75 Å². The smallest absolute Gasteiger partial charge is 0.119 e. The van der Waals surface area contributed by atoms with Gasteiger partial charge < -0.3 is 20.7 Å². The molecule has 0 saturated heterocycles. The number of methoxy groups -OCH3 is 1. The average molecular weight is 539 g/mol. The summed E-state index contributed by atoms with van der Waals surface area (Å²) in [5.41, 5.74) is 15.1.